The zero-order valence-electron chi connectivity index (χ0n) is 18.0. The number of nitrogens with zero attached hydrogens (tertiary/aromatic N) is 2. The summed E-state index contributed by atoms with van der Waals surface area (Å²) in [5.41, 5.74) is 0.913. The van der Waals surface area contributed by atoms with Crippen LogP contribution in [-0.4, -0.2) is 56.8 Å². The quantitative estimate of drug-likeness (QED) is 0.307. The van der Waals surface area contributed by atoms with E-state index in [1.807, 2.05) is 30.3 Å². The van der Waals surface area contributed by atoms with Crippen LogP contribution in [0.1, 0.15) is 26.0 Å². The number of rotatable bonds is 8. The van der Waals surface area contributed by atoms with E-state index in [0.717, 1.165) is 54.8 Å². The molecule has 0 saturated heterocycles. The first-order valence-corrected chi connectivity index (χ1v) is 10.3. The second-order valence-electron chi connectivity index (χ2n) is 7.40. The minimum atomic E-state index is 0. The standard InChI is InChI=1S/C22H32N4O3.HI/c1-17(2)26(3)12-11-24-22(23-10-9-19-6-4-13-27-19)25-18-7-8-20-21(16-18)29-15-5-14-28-20;/h4,6-8,13,16-17H,5,9-12,14-15H2,1-3H3,(H2,23,24,25);1H. The zero-order chi connectivity index (χ0) is 20.5. The molecule has 2 N–H and O–H groups in total. The van der Waals surface area contributed by atoms with Crippen LogP contribution in [0.25, 0.3) is 0 Å². The molecule has 7 nitrogen and oxygen atoms in total. The van der Waals surface area contributed by atoms with Gasteiger partial charge in [0.15, 0.2) is 17.5 Å². The fourth-order valence-electron chi connectivity index (χ4n) is 2.85. The number of benzene rings is 1. The SMILES string of the molecule is CC(C)N(C)CCN=C(NCCc1ccco1)Nc1ccc2c(c1)OCCCO2.I. The molecule has 1 aromatic heterocycles. The number of furan rings is 1. The minimum absolute atomic E-state index is 0. The van der Waals surface area contributed by atoms with Crippen molar-refractivity contribution in [2.75, 3.05) is 45.2 Å². The number of aliphatic imine (C=N–C) groups is 1. The molecule has 1 aliphatic heterocycles. The first kappa shape index (κ1) is 24.3. The summed E-state index contributed by atoms with van der Waals surface area (Å²) in [6, 6.07) is 10.3. The lowest BCUT2D eigenvalue weighted by Gasteiger charge is -2.20. The fourth-order valence-corrected chi connectivity index (χ4v) is 2.85. The van der Waals surface area contributed by atoms with Crippen LogP contribution in [0.2, 0.25) is 0 Å². The van der Waals surface area contributed by atoms with Gasteiger partial charge in [-0.15, -0.1) is 24.0 Å². The molecule has 0 bridgehead atoms. The van der Waals surface area contributed by atoms with E-state index in [1.165, 1.54) is 0 Å². The molecule has 0 saturated carbocycles. The number of nitrogens with one attached hydrogen (secondary N) is 2. The van der Waals surface area contributed by atoms with Crippen LogP contribution in [0.4, 0.5) is 5.69 Å². The molecule has 2 aromatic rings. The van der Waals surface area contributed by atoms with Crippen molar-refractivity contribution in [1.29, 1.82) is 0 Å². The molecule has 0 spiro atoms. The van der Waals surface area contributed by atoms with E-state index >= 15 is 0 Å². The van der Waals surface area contributed by atoms with Crippen molar-refractivity contribution in [3.8, 4) is 11.5 Å². The Morgan fingerprint density at radius 3 is 2.70 bits per heavy atom. The Kier molecular flexibility index (Phi) is 10.3. The van der Waals surface area contributed by atoms with Crippen molar-refractivity contribution in [3.63, 3.8) is 0 Å². The van der Waals surface area contributed by atoms with Crippen molar-refractivity contribution < 1.29 is 13.9 Å². The number of ether oxygens (including phenoxy) is 2. The number of hydrogen-bond donors (Lipinski definition) is 2. The molecular weight excluding hydrogens is 495 g/mol. The van der Waals surface area contributed by atoms with Crippen LogP contribution in [0.5, 0.6) is 11.5 Å². The van der Waals surface area contributed by atoms with Gasteiger partial charge in [-0.2, -0.15) is 0 Å². The van der Waals surface area contributed by atoms with E-state index < -0.39 is 0 Å². The van der Waals surface area contributed by atoms with Crippen molar-refractivity contribution in [1.82, 2.24) is 10.2 Å². The molecular formula is C22H33IN4O3. The van der Waals surface area contributed by atoms with Crippen LogP contribution in [0.3, 0.4) is 0 Å². The Morgan fingerprint density at radius 1 is 1.17 bits per heavy atom. The Bertz CT molecular complexity index is 781. The number of guanidine groups is 1. The molecule has 8 heteroatoms. The molecule has 30 heavy (non-hydrogen) atoms. The summed E-state index contributed by atoms with van der Waals surface area (Å²) in [6.07, 6.45) is 3.38. The fraction of sp³-hybridized carbons (Fsp3) is 0.500. The number of hydrogen-bond acceptors (Lipinski definition) is 5. The predicted octanol–water partition coefficient (Wildman–Crippen LogP) is 4.00. The molecule has 0 aliphatic carbocycles. The van der Waals surface area contributed by atoms with Gasteiger partial charge in [-0.05, 0) is 45.2 Å². The second kappa shape index (κ2) is 12.7. The van der Waals surface area contributed by atoms with Crippen LogP contribution < -0.4 is 20.1 Å². The van der Waals surface area contributed by atoms with Gasteiger partial charge in [-0.25, -0.2) is 0 Å². The van der Waals surface area contributed by atoms with Gasteiger partial charge in [0.25, 0.3) is 0 Å². The highest BCUT2D eigenvalue weighted by atomic mass is 127. The number of likely N-dealkylation sites (N-methyl/N-ethyl adjacent to an activating group) is 1. The molecule has 0 atom stereocenters. The number of anilines is 1. The Morgan fingerprint density at radius 2 is 1.97 bits per heavy atom. The summed E-state index contributed by atoms with van der Waals surface area (Å²) in [4.78, 5) is 7.02. The Labute approximate surface area is 196 Å². The average Bonchev–Trinajstić information content (AvgIpc) is 3.11. The van der Waals surface area contributed by atoms with Gasteiger partial charge >= 0.3 is 0 Å². The van der Waals surface area contributed by atoms with E-state index in [2.05, 4.69) is 36.4 Å². The van der Waals surface area contributed by atoms with Crippen LogP contribution >= 0.6 is 24.0 Å². The molecule has 0 amide bonds. The largest absolute Gasteiger partial charge is 0.490 e. The van der Waals surface area contributed by atoms with Gasteiger partial charge < -0.3 is 29.4 Å². The molecule has 1 aliphatic rings. The Hall–Kier alpha value is -1.94. The number of fused-ring (bicyclic) bond motifs is 1. The van der Waals surface area contributed by atoms with Gasteiger partial charge in [-0.3, -0.25) is 4.99 Å². The van der Waals surface area contributed by atoms with Gasteiger partial charge in [0.05, 0.1) is 26.0 Å². The lowest BCUT2D eigenvalue weighted by Crippen LogP contribution is -2.34. The zero-order valence-corrected chi connectivity index (χ0v) is 20.3. The van der Waals surface area contributed by atoms with Crippen LogP contribution in [-0.2, 0) is 6.42 Å². The van der Waals surface area contributed by atoms with E-state index in [9.17, 15) is 0 Å². The molecule has 0 radical (unpaired) electrons. The maximum Gasteiger partial charge on any atom is 0.195 e. The third-order valence-corrected chi connectivity index (χ3v) is 4.86. The highest BCUT2D eigenvalue weighted by molar-refractivity contribution is 14.0. The minimum Gasteiger partial charge on any atom is -0.490 e. The first-order chi connectivity index (χ1) is 14.1. The maximum absolute atomic E-state index is 5.80. The van der Waals surface area contributed by atoms with Crippen molar-refractivity contribution in [2.45, 2.75) is 32.7 Å². The highest BCUT2D eigenvalue weighted by Gasteiger charge is 2.12. The third-order valence-electron chi connectivity index (χ3n) is 4.86. The second-order valence-corrected chi connectivity index (χ2v) is 7.40. The Balaban J connectivity index is 0.00000320. The lowest BCUT2D eigenvalue weighted by atomic mass is 10.2. The monoisotopic (exact) mass is 528 g/mol. The molecule has 166 valence electrons. The summed E-state index contributed by atoms with van der Waals surface area (Å²) in [5.74, 6) is 3.24. The van der Waals surface area contributed by atoms with E-state index in [4.69, 9.17) is 18.9 Å². The van der Waals surface area contributed by atoms with Crippen LogP contribution in [0, 0.1) is 0 Å². The van der Waals surface area contributed by atoms with Crippen LogP contribution in [0.15, 0.2) is 46.0 Å². The maximum atomic E-state index is 5.80. The average molecular weight is 528 g/mol. The van der Waals surface area contributed by atoms with Gasteiger partial charge in [0.2, 0.25) is 0 Å². The van der Waals surface area contributed by atoms with Gasteiger partial charge in [0, 0.05) is 43.7 Å². The normalized spacial score (nSPS) is 13.7. The van der Waals surface area contributed by atoms with Crippen molar-refractivity contribution in [2.24, 2.45) is 4.99 Å². The lowest BCUT2D eigenvalue weighted by molar-refractivity contribution is 0.282. The smallest absolute Gasteiger partial charge is 0.195 e. The van der Waals surface area contributed by atoms with E-state index in [-0.39, 0.29) is 24.0 Å². The highest BCUT2D eigenvalue weighted by Crippen LogP contribution is 2.32. The summed E-state index contributed by atoms with van der Waals surface area (Å²) >= 11 is 0. The van der Waals surface area contributed by atoms with Gasteiger partial charge in [0.1, 0.15) is 5.76 Å². The molecule has 2 heterocycles. The number of halogens is 1. The summed E-state index contributed by atoms with van der Waals surface area (Å²) in [7, 11) is 2.11. The van der Waals surface area contributed by atoms with Crippen molar-refractivity contribution >= 4 is 35.6 Å². The summed E-state index contributed by atoms with van der Waals surface area (Å²) in [6.45, 7) is 8.04. The van der Waals surface area contributed by atoms with E-state index in [0.29, 0.717) is 25.8 Å². The molecule has 1 aromatic carbocycles. The van der Waals surface area contributed by atoms with Crippen molar-refractivity contribution in [3.05, 3.63) is 42.4 Å². The topological polar surface area (TPSA) is 71.3 Å². The molecule has 0 unspecified atom stereocenters. The summed E-state index contributed by atoms with van der Waals surface area (Å²) in [5, 5.41) is 6.78. The third kappa shape index (κ3) is 7.71. The first-order valence-electron chi connectivity index (χ1n) is 10.3. The summed E-state index contributed by atoms with van der Waals surface area (Å²) < 4.78 is 16.9. The van der Waals surface area contributed by atoms with E-state index in [1.54, 1.807) is 6.26 Å². The van der Waals surface area contributed by atoms with Gasteiger partial charge in [-0.1, -0.05) is 0 Å². The molecule has 3 rings (SSSR count). The molecule has 0 fully saturated rings. The predicted molar refractivity (Wildman–Crippen MR) is 132 cm³/mol.